The highest BCUT2D eigenvalue weighted by Crippen LogP contribution is 2.47. The molecule has 1 aromatic rings. The summed E-state index contributed by atoms with van der Waals surface area (Å²) in [5.41, 5.74) is 2.18. The van der Waals surface area contributed by atoms with Gasteiger partial charge in [0, 0.05) is 36.0 Å². The number of likely N-dealkylation sites (tertiary alicyclic amines) is 1. The molecule has 1 saturated carbocycles. The molecule has 4 nitrogen and oxygen atoms in total. The Morgan fingerprint density at radius 1 is 1.33 bits per heavy atom. The summed E-state index contributed by atoms with van der Waals surface area (Å²) >= 11 is 0. The van der Waals surface area contributed by atoms with Gasteiger partial charge in [-0.2, -0.15) is 0 Å². The van der Waals surface area contributed by atoms with Crippen LogP contribution in [-0.2, 0) is 6.54 Å². The first-order valence-corrected chi connectivity index (χ1v) is 7.84. The number of nitro benzene ring substituents is 1. The van der Waals surface area contributed by atoms with Crippen LogP contribution in [0, 0.1) is 20.9 Å². The molecule has 1 N–H and O–H groups in total. The van der Waals surface area contributed by atoms with Crippen LogP contribution in [0.1, 0.15) is 45.6 Å². The van der Waals surface area contributed by atoms with E-state index in [-0.39, 0.29) is 10.6 Å². The molecule has 114 valence electrons. The van der Waals surface area contributed by atoms with Crippen molar-refractivity contribution in [2.75, 3.05) is 6.54 Å². The van der Waals surface area contributed by atoms with Crippen molar-refractivity contribution in [3.8, 4) is 0 Å². The molecule has 3 rings (SSSR count). The predicted molar refractivity (Wildman–Crippen MR) is 82.2 cm³/mol. The summed E-state index contributed by atoms with van der Waals surface area (Å²) in [5, 5.41) is 10.9. The maximum absolute atomic E-state index is 10.9. The Morgan fingerprint density at radius 3 is 2.81 bits per heavy atom. The molecule has 4 heteroatoms. The molecule has 1 unspecified atom stereocenters. The summed E-state index contributed by atoms with van der Waals surface area (Å²) in [6.45, 7) is 9.30. The van der Waals surface area contributed by atoms with Crippen molar-refractivity contribution in [2.45, 2.75) is 52.6 Å². The normalized spacial score (nSPS) is 33.9. The Labute approximate surface area is 126 Å². The van der Waals surface area contributed by atoms with E-state index in [1.165, 1.54) is 25.8 Å². The molecule has 0 radical (unpaired) electrons. The van der Waals surface area contributed by atoms with Crippen molar-refractivity contribution in [1.29, 1.82) is 0 Å². The van der Waals surface area contributed by atoms with Crippen molar-refractivity contribution in [1.82, 2.24) is 0 Å². The molecule has 2 fully saturated rings. The van der Waals surface area contributed by atoms with Gasteiger partial charge in [-0.3, -0.25) is 10.1 Å². The van der Waals surface area contributed by atoms with E-state index >= 15 is 0 Å². The monoisotopic (exact) mass is 289 g/mol. The van der Waals surface area contributed by atoms with Crippen LogP contribution >= 0.6 is 0 Å². The minimum Gasteiger partial charge on any atom is -0.328 e. The molecule has 1 aromatic carbocycles. The van der Waals surface area contributed by atoms with Gasteiger partial charge in [-0.25, -0.2) is 0 Å². The Morgan fingerprint density at radius 2 is 2.10 bits per heavy atom. The minimum atomic E-state index is -0.300. The third-order valence-corrected chi connectivity index (χ3v) is 5.23. The fraction of sp³-hybridized carbons (Fsp3) is 0.647. The third kappa shape index (κ3) is 2.95. The zero-order chi connectivity index (χ0) is 15.3. The summed E-state index contributed by atoms with van der Waals surface area (Å²) in [6, 6.07) is 7.85. The van der Waals surface area contributed by atoms with Crippen molar-refractivity contribution < 1.29 is 9.82 Å². The Balaban J connectivity index is 1.77. The molecule has 2 bridgehead atoms. The topological polar surface area (TPSA) is 47.6 Å². The molecule has 3 atom stereocenters. The van der Waals surface area contributed by atoms with Gasteiger partial charge in [0.15, 0.2) is 0 Å². The van der Waals surface area contributed by atoms with Crippen LogP contribution in [0.15, 0.2) is 24.3 Å². The fourth-order valence-electron chi connectivity index (χ4n) is 5.00. The van der Waals surface area contributed by atoms with E-state index in [1.54, 1.807) is 23.1 Å². The maximum Gasteiger partial charge on any atom is 0.269 e. The van der Waals surface area contributed by atoms with Crippen molar-refractivity contribution in [3.63, 3.8) is 0 Å². The number of benzene rings is 1. The highest BCUT2D eigenvalue weighted by molar-refractivity contribution is 5.33. The molecule has 1 heterocycles. The molecular formula is C17H25N2O2+. The predicted octanol–water partition coefficient (Wildman–Crippen LogP) is 2.58. The standard InChI is InChI=1S/C17H24N2O2/c1-16(2)8-15-9-17(3,11-16)12-18(15)10-13-5-4-6-14(7-13)19(20)21/h4-7,15H,8-12H2,1-3H3/p+1/t15-,17-/m1/s1. The second-order valence-electron chi connectivity index (χ2n) is 8.20. The Kier molecular flexibility index (Phi) is 3.32. The third-order valence-electron chi connectivity index (χ3n) is 5.23. The van der Waals surface area contributed by atoms with E-state index in [9.17, 15) is 10.1 Å². The highest BCUT2D eigenvalue weighted by Gasteiger charge is 2.52. The number of quaternary nitrogens is 1. The molecule has 0 spiro atoms. The van der Waals surface area contributed by atoms with Gasteiger partial charge in [-0.1, -0.05) is 32.9 Å². The lowest BCUT2D eigenvalue weighted by atomic mass is 9.65. The molecule has 0 amide bonds. The van der Waals surface area contributed by atoms with Crippen LogP contribution in [-0.4, -0.2) is 17.5 Å². The van der Waals surface area contributed by atoms with Crippen LogP contribution in [0.5, 0.6) is 0 Å². The van der Waals surface area contributed by atoms with Gasteiger partial charge in [0.1, 0.15) is 6.54 Å². The Hall–Kier alpha value is -1.42. The number of non-ortho nitro benzene ring substituents is 1. The van der Waals surface area contributed by atoms with E-state index in [2.05, 4.69) is 20.8 Å². The minimum absolute atomic E-state index is 0.209. The van der Waals surface area contributed by atoms with E-state index in [1.807, 2.05) is 6.07 Å². The zero-order valence-corrected chi connectivity index (χ0v) is 13.2. The summed E-state index contributed by atoms with van der Waals surface area (Å²) in [5.74, 6) is 0. The number of rotatable bonds is 3. The van der Waals surface area contributed by atoms with Crippen LogP contribution in [0.25, 0.3) is 0 Å². The van der Waals surface area contributed by atoms with Crippen LogP contribution < -0.4 is 4.90 Å². The van der Waals surface area contributed by atoms with Gasteiger partial charge in [0.05, 0.1) is 17.5 Å². The molecule has 2 aliphatic rings. The second kappa shape index (κ2) is 4.80. The molecular weight excluding hydrogens is 264 g/mol. The second-order valence-corrected chi connectivity index (χ2v) is 8.20. The Bertz CT molecular complexity index is 570. The summed E-state index contributed by atoms with van der Waals surface area (Å²) in [6.07, 6.45) is 3.88. The largest absolute Gasteiger partial charge is 0.328 e. The summed E-state index contributed by atoms with van der Waals surface area (Å²) in [4.78, 5) is 12.2. The number of hydrogen-bond acceptors (Lipinski definition) is 2. The lowest BCUT2D eigenvalue weighted by Crippen LogP contribution is -3.12. The quantitative estimate of drug-likeness (QED) is 0.687. The molecule has 21 heavy (non-hydrogen) atoms. The molecule has 0 aromatic heterocycles. The first kappa shape index (κ1) is 14.5. The van der Waals surface area contributed by atoms with Gasteiger partial charge in [-0.15, -0.1) is 0 Å². The van der Waals surface area contributed by atoms with Gasteiger partial charge >= 0.3 is 0 Å². The SMILES string of the molecule is CC1(C)C[C@@H]2C[C@@](C)(C[NH+]2Cc2cccc([N+](=O)[O-])c2)C1. The smallest absolute Gasteiger partial charge is 0.269 e. The van der Waals surface area contributed by atoms with Crippen molar-refractivity contribution in [3.05, 3.63) is 39.9 Å². The fourth-order valence-corrected chi connectivity index (χ4v) is 5.00. The lowest BCUT2D eigenvalue weighted by molar-refractivity contribution is -0.928. The van der Waals surface area contributed by atoms with E-state index in [0.29, 0.717) is 16.9 Å². The van der Waals surface area contributed by atoms with E-state index < -0.39 is 0 Å². The first-order valence-electron chi connectivity index (χ1n) is 7.84. The number of nitrogens with one attached hydrogen (secondary N) is 1. The van der Waals surface area contributed by atoms with E-state index in [4.69, 9.17) is 0 Å². The van der Waals surface area contributed by atoms with Crippen molar-refractivity contribution in [2.24, 2.45) is 10.8 Å². The summed E-state index contributed by atoms with van der Waals surface area (Å²) < 4.78 is 0. The van der Waals surface area contributed by atoms with Crippen LogP contribution in [0.4, 0.5) is 5.69 Å². The highest BCUT2D eigenvalue weighted by atomic mass is 16.6. The number of nitro groups is 1. The lowest BCUT2D eigenvalue weighted by Gasteiger charge is -2.37. The van der Waals surface area contributed by atoms with E-state index in [0.717, 1.165) is 12.1 Å². The number of fused-ring (bicyclic) bond motifs is 2. The van der Waals surface area contributed by atoms with Crippen LogP contribution in [0.3, 0.4) is 0 Å². The molecule has 1 aliphatic heterocycles. The average Bonchev–Trinajstić information content (AvgIpc) is 2.58. The first-order chi connectivity index (χ1) is 9.76. The molecule has 1 saturated heterocycles. The van der Waals surface area contributed by atoms with Gasteiger partial charge in [-0.05, 0) is 11.8 Å². The van der Waals surface area contributed by atoms with Gasteiger partial charge in [0.2, 0.25) is 0 Å². The maximum atomic E-state index is 10.9. The van der Waals surface area contributed by atoms with Crippen molar-refractivity contribution >= 4 is 5.69 Å². The average molecular weight is 289 g/mol. The van der Waals surface area contributed by atoms with Gasteiger partial charge in [0.25, 0.3) is 5.69 Å². The van der Waals surface area contributed by atoms with Crippen LogP contribution in [0.2, 0.25) is 0 Å². The number of nitrogens with zero attached hydrogens (tertiary/aromatic N) is 1. The molecule has 1 aliphatic carbocycles. The van der Waals surface area contributed by atoms with Gasteiger partial charge < -0.3 is 4.90 Å². The zero-order valence-electron chi connectivity index (χ0n) is 13.2. The number of hydrogen-bond donors (Lipinski definition) is 1. The summed E-state index contributed by atoms with van der Waals surface area (Å²) in [7, 11) is 0.